The lowest BCUT2D eigenvalue weighted by molar-refractivity contribution is -0.152. The molecule has 5 heteroatoms. The quantitative estimate of drug-likeness (QED) is 0.751. The van der Waals surface area contributed by atoms with Crippen molar-refractivity contribution in [2.45, 2.75) is 71.4 Å². The first kappa shape index (κ1) is 20.4. The second kappa shape index (κ2) is 8.08. The van der Waals surface area contributed by atoms with E-state index in [2.05, 4.69) is 18.7 Å². The lowest BCUT2D eigenvalue weighted by atomic mass is 9.70. The van der Waals surface area contributed by atoms with Crippen molar-refractivity contribution in [2.75, 3.05) is 13.1 Å². The second-order valence-corrected chi connectivity index (χ2v) is 9.73. The van der Waals surface area contributed by atoms with E-state index < -0.39 is 0 Å². The topological polar surface area (TPSA) is 40.6 Å². The molecule has 0 aromatic heterocycles. The molecule has 4 nitrogen and oxygen atoms in total. The Morgan fingerprint density at radius 2 is 2.00 bits per heavy atom. The van der Waals surface area contributed by atoms with Crippen molar-refractivity contribution in [1.29, 1.82) is 0 Å². The molecule has 3 aliphatic rings. The van der Waals surface area contributed by atoms with E-state index in [0.29, 0.717) is 54.3 Å². The molecule has 3 saturated heterocycles. The van der Waals surface area contributed by atoms with Crippen molar-refractivity contribution in [3.63, 3.8) is 0 Å². The number of hydrogen-bond acceptors (Lipinski definition) is 2. The maximum atomic E-state index is 13.7. The molecular weight excluding hydrogens is 367 g/mol. The van der Waals surface area contributed by atoms with E-state index in [1.54, 1.807) is 19.1 Å². The van der Waals surface area contributed by atoms with Crippen LogP contribution in [0.4, 0.5) is 4.39 Å². The van der Waals surface area contributed by atoms with Crippen molar-refractivity contribution in [3.05, 3.63) is 35.1 Å². The van der Waals surface area contributed by atoms with E-state index in [1.165, 1.54) is 6.07 Å². The number of hydrogen-bond donors (Lipinski definition) is 0. The van der Waals surface area contributed by atoms with Crippen molar-refractivity contribution in [3.8, 4) is 0 Å². The van der Waals surface area contributed by atoms with Crippen LogP contribution < -0.4 is 0 Å². The van der Waals surface area contributed by atoms with E-state index >= 15 is 0 Å². The summed E-state index contributed by atoms with van der Waals surface area (Å²) in [5, 5.41) is 0. The average molecular weight is 401 g/mol. The first-order valence-corrected chi connectivity index (χ1v) is 11.2. The Morgan fingerprint density at radius 1 is 1.24 bits per heavy atom. The Bertz CT molecular complexity index is 793. The highest BCUT2D eigenvalue weighted by atomic mass is 19.1. The first-order chi connectivity index (χ1) is 13.8. The zero-order valence-corrected chi connectivity index (χ0v) is 17.9. The zero-order chi connectivity index (χ0) is 20.7. The Hall–Kier alpha value is -1.91. The summed E-state index contributed by atoms with van der Waals surface area (Å²) in [6, 6.07) is 5.17. The predicted molar refractivity (Wildman–Crippen MR) is 111 cm³/mol. The lowest BCUT2D eigenvalue weighted by Gasteiger charge is -2.57. The van der Waals surface area contributed by atoms with Gasteiger partial charge in [-0.3, -0.25) is 9.59 Å². The molecule has 4 rings (SSSR count). The van der Waals surface area contributed by atoms with Gasteiger partial charge in [0.15, 0.2) is 0 Å². The Kier molecular flexibility index (Phi) is 5.67. The minimum Gasteiger partial charge on any atom is -0.338 e. The van der Waals surface area contributed by atoms with E-state index in [1.807, 2.05) is 4.90 Å². The van der Waals surface area contributed by atoms with Crippen molar-refractivity contribution in [1.82, 2.24) is 9.80 Å². The van der Waals surface area contributed by atoms with Gasteiger partial charge in [-0.1, -0.05) is 13.8 Å². The van der Waals surface area contributed by atoms with E-state index in [4.69, 9.17) is 0 Å². The monoisotopic (exact) mass is 400 g/mol. The van der Waals surface area contributed by atoms with Crippen molar-refractivity contribution < 1.29 is 14.0 Å². The third kappa shape index (κ3) is 3.93. The van der Waals surface area contributed by atoms with Crippen molar-refractivity contribution >= 4 is 11.8 Å². The van der Waals surface area contributed by atoms with Crippen LogP contribution in [-0.4, -0.2) is 46.8 Å². The van der Waals surface area contributed by atoms with E-state index in [9.17, 15) is 14.0 Å². The van der Waals surface area contributed by atoms with Gasteiger partial charge in [-0.15, -0.1) is 0 Å². The van der Waals surface area contributed by atoms with Gasteiger partial charge in [0.25, 0.3) is 5.91 Å². The Morgan fingerprint density at radius 3 is 2.72 bits per heavy atom. The van der Waals surface area contributed by atoms with E-state index in [0.717, 1.165) is 32.1 Å². The van der Waals surface area contributed by atoms with Gasteiger partial charge in [-0.25, -0.2) is 4.39 Å². The molecular formula is C24H33FN2O2. The van der Waals surface area contributed by atoms with Gasteiger partial charge in [-0.05, 0) is 80.5 Å². The summed E-state index contributed by atoms with van der Waals surface area (Å²) in [6.45, 7) is 7.57. The van der Waals surface area contributed by atoms with Crippen LogP contribution in [0.5, 0.6) is 0 Å². The molecule has 4 atom stereocenters. The third-order valence-corrected chi connectivity index (χ3v) is 7.23. The molecule has 3 fully saturated rings. The van der Waals surface area contributed by atoms with Gasteiger partial charge in [0.05, 0.1) is 0 Å². The van der Waals surface area contributed by atoms with Crippen LogP contribution in [0.2, 0.25) is 0 Å². The molecule has 0 unspecified atom stereocenters. The molecule has 0 aliphatic carbocycles. The number of amides is 2. The number of rotatable bonds is 4. The standard InChI is InChI=1S/C24H33FN2O2/c1-15(2)7-10-22-19-12-18(21-5-4-6-23(28)27(21)22)13-26(14-19)24(29)17-8-9-20(25)16(3)11-17/h8-9,11,15,18-19,21-22H,4-7,10,12-14H2,1-3H3/t18-,19+,21+,22+/m1/s1. The predicted octanol–water partition coefficient (Wildman–Crippen LogP) is 4.41. The summed E-state index contributed by atoms with van der Waals surface area (Å²) in [5.74, 6) is 1.35. The van der Waals surface area contributed by atoms with Crippen LogP contribution >= 0.6 is 0 Å². The largest absolute Gasteiger partial charge is 0.338 e. The summed E-state index contributed by atoms with van der Waals surface area (Å²) >= 11 is 0. The van der Waals surface area contributed by atoms with Gasteiger partial charge in [0.2, 0.25) is 5.91 Å². The zero-order valence-electron chi connectivity index (χ0n) is 17.9. The number of benzene rings is 1. The number of likely N-dealkylation sites (tertiary alicyclic amines) is 1. The molecule has 1 aromatic rings. The molecule has 2 bridgehead atoms. The fourth-order valence-electron chi connectivity index (χ4n) is 5.78. The summed E-state index contributed by atoms with van der Waals surface area (Å²) in [5.41, 5.74) is 1.08. The van der Waals surface area contributed by atoms with Crippen LogP contribution in [-0.2, 0) is 4.79 Å². The smallest absolute Gasteiger partial charge is 0.253 e. The second-order valence-electron chi connectivity index (χ2n) is 9.73. The van der Waals surface area contributed by atoms with Gasteiger partial charge >= 0.3 is 0 Å². The highest BCUT2D eigenvalue weighted by Gasteiger charge is 2.49. The molecule has 29 heavy (non-hydrogen) atoms. The number of carbonyl (C=O) groups excluding carboxylic acids is 2. The molecule has 0 radical (unpaired) electrons. The first-order valence-electron chi connectivity index (χ1n) is 11.2. The SMILES string of the molecule is Cc1cc(C(=O)N2C[C@H]3C[C@@H](C2)[C@H](CCC(C)C)N2C(=O)CCC[C@@H]32)ccc1F. The van der Waals surface area contributed by atoms with Gasteiger partial charge < -0.3 is 9.80 Å². The molecule has 1 aromatic carbocycles. The minimum absolute atomic E-state index is 0.000922. The molecule has 0 N–H and O–H groups in total. The summed E-state index contributed by atoms with van der Waals surface area (Å²) in [6.07, 6.45) is 5.93. The lowest BCUT2D eigenvalue weighted by Crippen LogP contribution is -2.65. The molecule has 3 heterocycles. The number of carbonyl (C=O) groups is 2. The minimum atomic E-state index is -0.276. The number of aryl methyl sites for hydroxylation is 1. The number of fused-ring (bicyclic) bond motifs is 4. The van der Waals surface area contributed by atoms with Crippen molar-refractivity contribution in [2.24, 2.45) is 17.8 Å². The Labute approximate surface area is 173 Å². The average Bonchev–Trinajstić information content (AvgIpc) is 2.69. The molecule has 158 valence electrons. The third-order valence-electron chi connectivity index (χ3n) is 7.23. The van der Waals surface area contributed by atoms with Crippen LogP contribution in [0.3, 0.4) is 0 Å². The van der Waals surface area contributed by atoms with Gasteiger partial charge in [0.1, 0.15) is 5.82 Å². The summed E-state index contributed by atoms with van der Waals surface area (Å²) in [4.78, 5) is 30.3. The Balaban J connectivity index is 1.58. The van der Waals surface area contributed by atoms with Gasteiger partial charge in [-0.2, -0.15) is 0 Å². The molecule has 3 aliphatic heterocycles. The number of piperidine rings is 3. The fraction of sp³-hybridized carbons (Fsp3) is 0.667. The fourth-order valence-corrected chi connectivity index (χ4v) is 5.78. The van der Waals surface area contributed by atoms with Crippen LogP contribution in [0.1, 0.15) is 68.3 Å². The summed E-state index contributed by atoms with van der Waals surface area (Å²) in [7, 11) is 0. The molecule has 0 saturated carbocycles. The molecule has 0 spiro atoms. The highest BCUT2D eigenvalue weighted by Crippen LogP contribution is 2.43. The van der Waals surface area contributed by atoms with Crippen LogP contribution in [0, 0.1) is 30.5 Å². The van der Waals surface area contributed by atoms with E-state index in [-0.39, 0.29) is 23.8 Å². The summed E-state index contributed by atoms with van der Waals surface area (Å²) < 4.78 is 13.7. The van der Waals surface area contributed by atoms with Crippen LogP contribution in [0.25, 0.3) is 0 Å². The maximum absolute atomic E-state index is 13.7. The molecule has 2 amide bonds. The van der Waals surface area contributed by atoms with Gasteiger partial charge in [0, 0.05) is 37.2 Å². The highest BCUT2D eigenvalue weighted by molar-refractivity contribution is 5.94. The normalized spacial score (nSPS) is 29.2. The maximum Gasteiger partial charge on any atom is 0.253 e. The number of nitrogens with zero attached hydrogens (tertiary/aromatic N) is 2. The number of halogens is 1. The van der Waals surface area contributed by atoms with Crippen LogP contribution in [0.15, 0.2) is 18.2 Å².